The number of rotatable bonds is 8. The van der Waals surface area contributed by atoms with E-state index < -0.39 is 11.8 Å². The van der Waals surface area contributed by atoms with E-state index in [0.29, 0.717) is 35.0 Å². The lowest BCUT2D eigenvalue weighted by Crippen LogP contribution is -2.01. The molecule has 0 fully saturated rings. The predicted molar refractivity (Wildman–Crippen MR) is 107 cm³/mol. The van der Waals surface area contributed by atoms with Gasteiger partial charge in [-0.2, -0.15) is 0 Å². The molecule has 29 heavy (non-hydrogen) atoms. The number of carboxylic acid groups (broad SMARTS) is 1. The number of hydrogen-bond acceptors (Lipinski definition) is 4. The van der Waals surface area contributed by atoms with Gasteiger partial charge in [-0.1, -0.05) is 18.2 Å². The quantitative estimate of drug-likeness (QED) is 0.558. The van der Waals surface area contributed by atoms with Crippen LogP contribution >= 0.6 is 0 Å². The van der Waals surface area contributed by atoms with Crippen molar-refractivity contribution in [1.29, 1.82) is 0 Å². The highest BCUT2D eigenvalue weighted by Crippen LogP contribution is 2.32. The summed E-state index contributed by atoms with van der Waals surface area (Å²) in [5.74, 6) is 0.334. The van der Waals surface area contributed by atoms with E-state index >= 15 is 0 Å². The van der Waals surface area contributed by atoms with Gasteiger partial charge in [-0.05, 0) is 60.0 Å². The van der Waals surface area contributed by atoms with Crippen molar-refractivity contribution < 1.29 is 28.5 Å². The number of carboxylic acids is 1. The zero-order valence-electron chi connectivity index (χ0n) is 16.1. The number of benzene rings is 3. The molecule has 1 N–H and O–H groups in total. The maximum absolute atomic E-state index is 14.0. The average Bonchev–Trinajstić information content (AvgIpc) is 2.67. The van der Waals surface area contributed by atoms with E-state index in [1.165, 1.54) is 13.2 Å². The van der Waals surface area contributed by atoms with E-state index in [1.54, 1.807) is 48.5 Å². The van der Waals surface area contributed by atoms with Gasteiger partial charge in [0.15, 0.2) is 11.6 Å². The first kappa shape index (κ1) is 20.2. The molecule has 0 aromatic heterocycles. The molecule has 0 aliphatic rings. The van der Waals surface area contributed by atoms with Crippen molar-refractivity contribution in [2.75, 3.05) is 13.7 Å². The Morgan fingerprint density at radius 3 is 2.41 bits per heavy atom. The van der Waals surface area contributed by atoms with Crippen molar-refractivity contribution in [3.63, 3.8) is 0 Å². The highest BCUT2D eigenvalue weighted by atomic mass is 19.1. The second kappa shape index (κ2) is 9.10. The molecule has 3 rings (SSSR count). The molecule has 0 saturated carbocycles. The summed E-state index contributed by atoms with van der Waals surface area (Å²) in [5.41, 5.74) is 2.03. The third-order valence-corrected chi connectivity index (χ3v) is 4.16. The molecule has 0 atom stereocenters. The number of aliphatic carboxylic acids is 1. The molecule has 150 valence electrons. The number of carbonyl (C=O) groups is 1. The first-order valence-electron chi connectivity index (χ1n) is 9.09. The minimum atomic E-state index is -0.937. The van der Waals surface area contributed by atoms with Crippen LogP contribution in [0.3, 0.4) is 0 Å². The zero-order chi connectivity index (χ0) is 20.8. The van der Waals surface area contributed by atoms with Crippen LogP contribution in [0.5, 0.6) is 23.0 Å². The summed E-state index contributed by atoms with van der Waals surface area (Å²) in [4.78, 5) is 11.1. The van der Waals surface area contributed by atoms with Crippen LogP contribution in [0, 0.1) is 5.82 Å². The Hall–Kier alpha value is -3.54. The van der Waals surface area contributed by atoms with Gasteiger partial charge in [0.25, 0.3) is 0 Å². The highest BCUT2D eigenvalue weighted by Gasteiger charge is 2.09. The van der Waals surface area contributed by atoms with Crippen LogP contribution in [0.2, 0.25) is 0 Å². The van der Waals surface area contributed by atoms with Gasteiger partial charge in [-0.15, -0.1) is 0 Å². The van der Waals surface area contributed by atoms with Gasteiger partial charge in [0.05, 0.1) is 20.1 Å². The largest absolute Gasteiger partial charge is 0.494 e. The monoisotopic (exact) mass is 396 g/mol. The minimum Gasteiger partial charge on any atom is -0.494 e. The van der Waals surface area contributed by atoms with Crippen molar-refractivity contribution in [3.8, 4) is 34.1 Å². The standard InChI is InChI=1S/C23H21FO5/c1-3-28-19-9-15(11-23(25)26)10-20(14-19)29-18-6-4-5-16(12-18)17-7-8-22(27-2)21(24)13-17/h4-10,12-14H,3,11H2,1-2H3,(H,25,26). The van der Waals surface area contributed by atoms with Gasteiger partial charge < -0.3 is 19.3 Å². The lowest BCUT2D eigenvalue weighted by atomic mass is 10.1. The summed E-state index contributed by atoms with van der Waals surface area (Å²) < 4.78 is 30.4. The molecule has 0 saturated heterocycles. The van der Waals surface area contributed by atoms with Crippen LogP contribution in [0.25, 0.3) is 11.1 Å². The van der Waals surface area contributed by atoms with Crippen LogP contribution in [-0.2, 0) is 11.2 Å². The third kappa shape index (κ3) is 5.25. The van der Waals surface area contributed by atoms with E-state index in [2.05, 4.69) is 0 Å². The summed E-state index contributed by atoms with van der Waals surface area (Å²) in [6.07, 6.45) is -0.136. The summed E-state index contributed by atoms with van der Waals surface area (Å²) in [7, 11) is 1.42. The van der Waals surface area contributed by atoms with E-state index in [1.807, 2.05) is 13.0 Å². The number of ether oxygens (including phenoxy) is 3. The summed E-state index contributed by atoms with van der Waals surface area (Å²) in [6.45, 7) is 2.30. The van der Waals surface area contributed by atoms with Crippen LogP contribution in [0.1, 0.15) is 12.5 Å². The van der Waals surface area contributed by atoms with Crippen molar-refractivity contribution in [2.24, 2.45) is 0 Å². The molecule has 0 aliphatic carbocycles. The van der Waals surface area contributed by atoms with E-state index in [9.17, 15) is 9.18 Å². The van der Waals surface area contributed by atoms with Gasteiger partial charge in [-0.3, -0.25) is 4.79 Å². The molecule has 0 heterocycles. The SMILES string of the molecule is CCOc1cc(CC(=O)O)cc(Oc2cccc(-c3ccc(OC)c(F)c3)c2)c1. The molecular formula is C23H21FO5. The maximum atomic E-state index is 14.0. The lowest BCUT2D eigenvalue weighted by molar-refractivity contribution is -0.136. The van der Waals surface area contributed by atoms with Crippen molar-refractivity contribution >= 4 is 5.97 Å². The van der Waals surface area contributed by atoms with Crippen molar-refractivity contribution in [1.82, 2.24) is 0 Å². The Morgan fingerprint density at radius 1 is 0.966 bits per heavy atom. The maximum Gasteiger partial charge on any atom is 0.307 e. The molecule has 0 radical (unpaired) electrons. The van der Waals surface area contributed by atoms with Crippen LogP contribution in [0.4, 0.5) is 4.39 Å². The molecule has 0 spiro atoms. The summed E-state index contributed by atoms with van der Waals surface area (Å²) >= 11 is 0. The van der Waals surface area contributed by atoms with Crippen LogP contribution in [0.15, 0.2) is 60.7 Å². The lowest BCUT2D eigenvalue weighted by Gasteiger charge is -2.12. The van der Waals surface area contributed by atoms with Crippen LogP contribution < -0.4 is 14.2 Å². The minimum absolute atomic E-state index is 0.136. The fraction of sp³-hybridized carbons (Fsp3) is 0.174. The second-order valence-corrected chi connectivity index (χ2v) is 6.30. The Labute approximate surface area is 168 Å². The molecule has 6 heteroatoms. The smallest absolute Gasteiger partial charge is 0.307 e. The third-order valence-electron chi connectivity index (χ3n) is 4.16. The van der Waals surface area contributed by atoms with Gasteiger partial charge in [-0.25, -0.2) is 4.39 Å². The first-order chi connectivity index (χ1) is 14.0. The first-order valence-corrected chi connectivity index (χ1v) is 9.09. The van der Waals surface area contributed by atoms with E-state index in [4.69, 9.17) is 19.3 Å². The number of halogens is 1. The van der Waals surface area contributed by atoms with Crippen molar-refractivity contribution in [2.45, 2.75) is 13.3 Å². The molecular weight excluding hydrogens is 375 g/mol. The van der Waals surface area contributed by atoms with Crippen molar-refractivity contribution in [3.05, 3.63) is 72.0 Å². The Bertz CT molecular complexity index is 1020. The molecule has 0 unspecified atom stereocenters. The number of methoxy groups -OCH3 is 1. The van der Waals surface area contributed by atoms with Gasteiger partial charge in [0, 0.05) is 6.07 Å². The summed E-state index contributed by atoms with van der Waals surface area (Å²) in [6, 6.07) is 17.0. The van der Waals surface area contributed by atoms with Gasteiger partial charge in [0.1, 0.15) is 17.2 Å². The highest BCUT2D eigenvalue weighted by molar-refractivity contribution is 5.71. The molecule has 0 bridgehead atoms. The molecule has 3 aromatic rings. The topological polar surface area (TPSA) is 65.0 Å². The fourth-order valence-corrected chi connectivity index (χ4v) is 2.94. The second-order valence-electron chi connectivity index (χ2n) is 6.30. The summed E-state index contributed by atoms with van der Waals surface area (Å²) in [5, 5.41) is 9.07. The molecule has 0 amide bonds. The average molecular weight is 396 g/mol. The van der Waals surface area contributed by atoms with Crippen LogP contribution in [-0.4, -0.2) is 24.8 Å². The Kier molecular flexibility index (Phi) is 6.34. The predicted octanol–water partition coefficient (Wildman–Crippen LogP) is 5.32. The normalized spacial score (nSPS) is 10.4. The van der Waals surface area contributed by atoms with Gasteiger partial charge >= 0.3 is 5.97 Å². The molecule has 5 nitrogen and oxygen atoms in total. The zero-order valence-corrected chi connectivity index (χ0v) is 16.1. The molecule has 3 aromatic carbocycles. The number of hydrogen-bond donors (Lipinski definition) is 1. The Morgan fingerprint density at radius 2 is 1.72 bits per heavy atom. The Balaban J connectivity index is 1.89. The van der Waals surface area contributed by atoms with Gasteiger partial charge in [0.2, 0.25) is 0 Å². The van der Waals surface area contributed by atoms with E-state index in [0.717, 1.165) is 5.56 Å². The van der Waals surface area contributed by atoms with E-state index in [-0.39, 0.29) is 12.2 Å². The fourth-order valence-electron chi connectivity index (χ4n) is 2.94. The molecule has 0 aliphatic heterocycles.